The maximum absolute atomic E-state index is 13.9. The van der Waals surface area contributed by atoms with Gasteiger partial charge >= 0.3 is 0 Å². The summed E-state index contributed by atoms with van der Waals surface area (Å²) in [6.07, 6.45) is -0.976. The van der Waals surface area contributed by atoms with Gasteiger partial charge in [-0.05, 0) is 49.4 Å². The van der Waals surface area contributed by atoms with E-state index in [-0.39, 0.29) is 5.91 Å². The molecular formula is C26H23BrN2O5. The molecule has 5 rings (SSSR count). The van der Waals surface area contributed by atoms with Crippen LogP contribution in [0.4, 0.5) is 11.4 Å². The maximum Gasteiger partial charge on any atom is 0.266 e. The molecule has 8 heteroatoms. The SMILES string of the molecule is CCOc1ccccc1N1C(=O)[C@@H]2[C@@H](ON(c3ccccc3)[C@H]2c2cc(Br)ccc2OC)C1=O. The fraction of sp³-hybridized carbons (Fsp3) is 0.231. The quantitative estimate of drug-likeness (QED) is 0.428. The van der Waals surface area contributed by atoms with E-state index in [1.165, 1.54) is 4.90 Å². The second kappa shape index (κ2) is 9.12. The zero-order valence-electron chi connectivity index (χ0n) is 18.7. The molecule has 3 atom stereocenters. The molecule has 0 aromatic heterocycles. The van der Waals surface area contributed by atoms with E-state index in [4.69, 9.17) is 14.3 Å². The minimum Gasteiger partial charge on any atom is -0.496 e. The summed E-state index contributed by atoms with van der Waals surface area (Å²) in [6.45, 7) is 2.27. The lowest BCUT2D eigenvalue weighted by Gasteiger charge is -2.30. The molecule has 2 fully saturated rings. The molecule has 0 aliphatic carbocycles. The van der Waals surface area contributed by atoms with Gasteiger partial charge in [-0.1, -0.05) is 46.3 Å². The van der Waals surface area contributed by atoms with E-state index in [0.717, 1.165) is 15.7 Å². The van der Waals surface area contributed by atoms with Crippen LogP contribution in [0.3, 0.4) is 0 Å². The van der Waals surface area contributed by atoms with Gasteiger partial charge in [0.05, 0.1) is 31.1 Å². The van der Waals surface area contributed by atoms with E-state index >= 15 is 0 Å². The first kappa shape index (κ1) is 22.4. The predicted octanol–water partition coefficient (Wildman–Crippen LogP) is 4.91. The van der Waals surface area contributed by atoms with Crippen molar-refractivity contribution in [1.29, 1.82) is 0 Å². The summed E-state index contributed by atoms with van der Waals surface area (Å²) in [5.74, 6) is -0.451. The third-order valence-corrected chi connectivity index (χ3v) is 6.54. The van der Waals surface area contributed by atoms with E-state index < -0.39 is 24.0 Å². The number of carbonyl (C=O) groups excluding carboxylic acids is 2. The average Bonchev–Trinajstić information content (AvgIpc) is 3.36. The maximum atomic E-state index is 13.9. The van der Waals surface area contributed by atoms with Crippen molar-refractivity contribution in [2.75, 3.05) is 23.7 Å². The number of hydrogen-bond donors (Lipinski definition) is 0. The van der Waals surface area contributed by atoms with Gasteiger partial charge in [-0.25, -0.2) is 9.96 Å². The van der Waals surface area contributed by atoms with Gasteiger partial charge in [-0.2, -0.15) is 0 Å². The second-order valence-electron chi connectivity index (χ2n) is 7.96. The van der Waals surface area contributed by atoms with Crippen LogP contribution < -0.4 is 19.4 Å². The number of imide groups is 1. The number of amides is 2. The topological polar surface area (TPSA) is 68.3 Å². The first-order valence-corrected chi connectivity index (χ1v) is 11.8. The van der Waals surface area contributed by atoms with Crippen LogP contribution in [-0.2, 0) is 14.4 Å². The summed E-state index contributed by atoms with van der Waals surface area (Å²) in [5, 5.41) is 1.65. The van der Waals surface area contributed by atoms with Gasteiger partial charge in [0.25, 0.3) is 5.91 Å². The number of ether oxygens (including phenoxy) is 2. The zero-order valence-corrected chi connectivity index (χ0v) is 20.3. The van der Waals surface area contributed by atoms with Gasteiger partial charge in [0.15, 0.2) is 6.10 Å². The highest BCUT2D eigenvalue weighted by molar-refractivity contribution is 9.10. The third-order valence-electron chi connectivity index (χ3n) is 6.04. The van der Waals surface area contributed by atoms with Crippen molar-refractivity contribution < 1.29 is 23.9 Å². The fourth-order valence-electron chi connectivity index (χ4n) is 4.62. The number of rotatable bonds is 6. The van der Waals surface area contributed by atoms with Gasteiger partial charge < -0.3 is 9.47 Å². The Labute approximate surface area is 205 Å². The summed E-state index contributed by atoms with van der Waals surface area (Å²) >= 11 is 3.53. The van der Waals surface area contributed by atoms with Crippen molar-refractivity contribution in [3.05, 3.63) is 82.8 Å². The molecule has 0 unspecified atom stereocenters. The largest absolute Gasteiger partial charge is 0.496 e. The summed E-state index contributed by atoms with van der Waals surface area (Å²) in [4.78, 5) is 34.9. The first-order chi connectivity index (χ1) is 16.5. The standard InChI is InChI=1S/C26H23BrN2O5/c1-3-33-21-12-8-7-11-19(21)28-25(30)22-23(18-15-16(27)13-14-20(18)32-2)29(34-24(22)26(28)31)17-9-5-4-6-10-17/h4-15,22-24H,3H2,1-2H3/t22-,23-,24+/m0/s1. The van der Waals surface area contributed by atoms with Crippen molar-refractivity contribution in [1.82, 2.24) is 0 Å². The molecule has 2 amide bonds. The summed E-state index contributed by atoms with van der Waals surface area (Å²) < 4.78 is 12.2. The number of methoxy groups -OCH3 is 1. The number of benzene rings is 3. The molecule has 0 spiro atoms. The number of carbonyl (C=O) groups is 2. The highest BCUT2D eigenvalue weighted by Crippen LogP contribution is 2.50. The van der Waals surface area contributed by atoms with Crippen LogP contribution in [0.2, 0.25) is 0 Å². The number of nitrogens with zero attached hydrogens (tertiary/aromatic N) is 2. The van der Waals surface area contributed by atoms with E-state index in [2.05, 4.69) is 15.9 Å². The molecule has 3 aromatic rings. The average molecular weight is 523 g/mol. The Morgan fingerprint density at radius 3 is 2.41 bits per heavy atom. The van der Waals surface area contributed by atoms with Gasteiger partial charge in [-0.3, -0.25) is 14.4 Å². The van der Waals surface area contributed by atoms with Gasteiger partial charge in [0.1, 0.15) is 17.4 Å². The Balaban J connectivity index is 1.63. The first-order valence-electron chi connectivity index (χ1n) is 11.0. The number of halogens is 1. The van der Waals surface area contributed by atoms with Crippen LogP contribution in [-0.4, -0.2) is 31.6 Å². The number of para-hydroxylation sites is 3. The van der Waals surface area contributed by atoms with Crippen molar-refractivity contribution in [2.24, 2.45) is 5.92 Å². The summed E-state index contributed by atoms with van der Waals surface area (Å²) in [5.41, 5.74) is 1.91. The Kier molecular flexibility index (Phi) is 6.02. The minimum absolute atomic E-state index is 0.340. The highest BCUT2D eigenvalue weighted by Gasteiger charge is 2.61. The molecule has 2 heterocycles. The molecule has 34 heavy (non-hydrogen) atoms. The molecule has 2 aliphatic heterocycles. The number of hydrogen-bond acceptors (Lipinski definition) is 6. The van der Waals surface area contributed by atoms with Crippen molar-refractivity contribution >= 4 is 39.1 Å². The van der Waals surface area contributed by atoms with E-state index in [9.17, 15) is 9.59 Å². The zero-order chi connectivity index (χ0) is 23.8. The van der Waals surface area contributed by atoms with Crippen molar-refractivity contribution in [3.63, 3.8) is 0 Å². The van der Waals surface area contributed by atoms with Crippen LogP contribution in [0, 0.1) is 5.92 Å². The summed E-state index contributed by atoms with van der Waals surface area (Å²) in [6, 6.07) is 21.5. The molecule has 3 aromatic carbocycles. The smallest absolute Gasteiger partial charge is 0.266 e. The molecule has 2 aliphatic rings. The number of fused-ring (bicyclic) bond motifs is 1. The molecule has 0 radical (unpaired) electrons. The van der Waals surface area contributed by atoms with Gasteiger partial charge in [-0.15, -0.1) is 0 Å². The number of anilines is 2. The van der Waals surface area contributed by atoms with Crippen LogP contribution in [0.1, 0.15) is 18.5 Å². The highest BCUT2D eigenvalue weighted by atomic mass is 79.9. The third kappa shape index (κ3) is 3.63. The predicted molar refractivity (Wildman–Crippen MR) is 131 cm³/mol. The normalized spacial score (nSPS) is 21.7. The Hall–Kier alpha value is -3.36. The molecule has 0 N–H and O–H groups in total. The molecular weight excluding hydrogens is 500 g/mol. The Morgan fingerprint density at radius 2 is 1.68 bits per heavy atom. The van der Waals surface area contributed by atoms with Gasteiger partial charge in [0.2, 0.25) is 5.91 Å². The molecule has 7 nitrogen and oxygen atoms in total. The van der Waals surface area contributed by atoms with Gasteiger partial charge in [0, 0.05) is 10.0 Å². The lowest BCUT2D eigenvalue weighted by Crippen LogP contribution is -2.37. The lowest BCUT2D eigenvalue weighted by molar-refractivity contribution is -0.126. The van der Waals surface area contributed by atoms with Crippen LogP contribution >= 0.6 is 15.9 Å². The monoisotopic (exact) mass is 522 g/mol. The molecule has 0 bridgehead atoms. The fourth-order valence-corrected chi connectivity index (χ4v) is 5.00. The Morgan fingerprint density at radius 1 is 0.941 bits per heavy atom. The van der Waals surface area contributed by atoms with Crippen LogP contribution in [0.5, 0.6) is 11.5 Å². The van der Waals surface area contributed by atoms with Crippen LogP contribution in [0.25, 0.3) is 0 Å². The number of hydroxylamine groups is 1. The molecule has 0 saturated carbocycles. The second-order valence-corrected chi connectivity index (χ2v) is 8.87. The van der Waals surface area contributed by atoms with Crippen molar-refractivity contribution in [3.8, 4) is 11.5 Å². The molecule has 174 valence electrons. The lowest BCUT2D eigenvalue weighted by atomic mass is 9.90. The van der Waals surface area contributed by atoms with E-state index in [1.54, 1.807) is 30.4 Å². The Bertz CT molecular complexity index is 1230. The summed E-state index contributed by atoms with van der Waals surface area (Å²) in [7, 11) is 1.58. The van der Waals surface area contributed by atoms with E-state index in [0.29, 0.717) is 23.8 Å². The van der Waals surface area contributed by atoms with Crippen molar-refractivity contribution in [2.45, 2.75) is 19.1 Å². The van der Waals surface area contributed by atoms with E-state index in [1.807, 2.05) is 61.5 Å². The van der Waals surface area contributed by atoms with Crippen LogP contribution in [0.15, 0.2) is 77.3 Å². The minimum atomic E-state index is -0.976. The molecule has 2 saturated heterocycles.